The van der Waals surface area contributed by atoms with Gasteiger partial charge in [0.2, 0.25) is 0 Å². The van der Waals surface area contributed by atoms with Crippen LogP contribution in [0.15, 0.2) is 0 Å². The number of carboxylic acids is 2. The van der Waals surface area contributed by atoms with Gasteiger partial charge in [0.15, 0.2) is 0 Å². The van der Waals surface area contributed by atoms with Crippen molar-refractivity contribution in [2.75, 3.05) is 13.1 Å². The summed E-state index contributed by atoms with van der Waals surface area (Å²) in [6.07, 6.45) is -0.0770. The van der Waals surface area contributed by atoms with E-state index >= 15 is 0 Å². The van der Waals surface area contributed by atoms with Crippen LogP contribution >= 0.6 is 0 Å². The molecule has 6 nitrogen and oxygen atoms in total. The highest BCUT2D eigenvalue weighted by Gasteiger charge is 2.28. The lowest BCUT2D eigenvalue weighted by molar-refractivity contribution is -0.145. The summed E-state index contributed by atoms with van der Waals surface area (Å²) < 4.78 is 0. The lowest BCUT2D eigenvalue weighted by atomic mass is 10.1. The van der Waals surface area contributed by atoms with Crippen LogP contribution in [-0.4, -0.2) is 52.2 Å². The molecule has 0 amide bonds. The summed E-state index contributed by atoms with van der Waals surface area (Å²) in [7, 11) is 0. The SMILES string of the molecule is CCN(CC)C(CC(N)C(=O)O)C(=O)O. The van der Waals surface area contributed by atoms with Gasteiger partial charge in [0, 0.05) is 0 Å². The first-order valence-electron chi connectivity index (χ1n) is 4.89. The van der Waals surface area contributed by atoms with Crippen LogP contribution in [0.4, 0.5) is 0 Å². The molecule has 0 saturated heterocycles. The Bertz CT molecular complexity index is 228. The average Bonchev–Trinajstić information content (AvgIpc) is 2.17. The molecule has 0 aromatic carbocycles. The van der Waals surface area contributed by atoms with Gasteiger partial charge in [-0.3, -0.25) is 14.5 Å². The molecule has 0 aromatic rings. The van der Waals surface area contributed by atoms with Gasteiger partial charge in [0.1, 0.15) is 12.1 Å². The molecule has 15 heavy (non-hydrogen) atoms. The maximum atomic E-state index is 10.9. The van der Waals surface area contributed by atoms with Crippen LogP contribution in [0.5, 0.6) is 0 Å². The van der Waals surface area contributed by atoms with Crippen molar-refractivity contribution in [3.05, 3.63) is 0 Å². The molecule has 0 aliphatic carbocycles. The van der Waals surface area contributed by atoms with Crippen molar-refractivity contribution < 1.29 is 19.8 Å². The maximum absolute atomic E-state index is 10.9. The molecule has 88 valence electrons. The molecule has 6 heteroatoms. The smallest absolute Gasteiger partial charge is 0.320 e. The van der Waals surface area contributed by atoms with E-state index in [1.165, 1.54) is 0 Å². The van der Waals surface area contributed by atoms with E-state index in [-0.39, 0.29) is 6.42 Å². The largest absolute Gasteiger partial charge is 0.480 e. The fourth-order valence-electron chi connectivity index (χ4n) is 1.41. The van der Waals surface area contributed by atoms with E-state index in [0.717, 1.165) is 0 Å². The van der Waals surface area contributed by atoms with Crippen molar-refractivity contribution in [3.63, 3.8) is 0 Å². The zero-order valence-corrected chi connectivity index (χ0v) is 9.01. The fourth-order valence-corrected chi connectivity index (χ4v) is 1.41. The van der Waals surface area contributed by atoms with Crippen molar-refractivity contribution in [1.82, 2.24) is 4.90 Å². The van der Waals surface area contributed by atoms with Gasteiger partial charge in [-0.2, -0.15) is 0 Å². The minimum Gasteiger partial charge on any atom is -0.480 e. The fraction of sp³-hybridized carbons (Fsp3) is 0.778. The third-order valence-corrected chi connectivity index (χ3v) is 2.33. The first-order chi connectivity index (χ1) is 6.93. The number of rotatable bonds is 7. The number of aliphatic carboxylic acids is 2. The minimum atomic E-state index is -1.17. The molecule has 0 saturated carbocycles. The molecule has 0 heterocycles. The van der Waals surface area contributed by atoms with E-state index in [1.807, 2.05) is 13.8 Å². The van der Waals surface area contributed by atoms with E-state index in [4.69, 9.17) is 15.9 Å². The van der Waals surface area contributed by atoms with Gasteiger partial charge < -0.3 is 15.9 Å². The third-order valence-electron chi connectivity index (χ3n) is 2.33. The van der Waals surface area contributed by atoms with Crippen LogP contribution in [0.2, 0.25) is 0 Å². The normalized spacial score (nSPS) is 14.9. The Hall–Kier alpha value is -1.14. The van der Waals surface area contributed by atoms with Gasteiger partial charge >= 0.3 is 11.9 Å². The Balaban J connectivity index is 4.53. The first-order valence-corrected chi connectivity index (χ1v) is 4.89. The molecular formula is C9H18N2O4. The van der Waals surface area contributed by atoms with Crippen LogP contribution in [0.25, 0.3) is 0 Å². The Morgan fingerprint density at radius 3 is 1.93 bits per heavy atom. The highest BCUT2D eigenvalue weighted by molar-refractivity contribution is 5.77. The summed E-state index contributed by atoms with van der Waals surface area (Å²) in [4.78, 5) is 23.1. The zero-order chi connectivity index (χ0) is 12.0. The van der Waals surface area contributed by atoms with Gasteiger partial charge in [-0.05, 0) is 19.5 Å². The van der Waals surface area contributed by atoms with Gasteiger partial charge in [0.25, 0.3) is 0 Å². The number of hydrogen-bond acceptors (Lipinski definition) is 4. The van der Waals surface area contributed by atoms with Crippen molar-refractivity contribution >= 4 is 11.9 Å². The summed E-state index contributed by atoms with van der Waals surface area (Å²) in [6, 6.07) is -1.96. The lowest BCUT2D eigenvalue weighted by Crippen LogP contribution is -2.46. The third kappa shape index (κ3) is 4.26. The van der Waals surface area contributed by atoms with Gasteiger partial charge in [-0.15, -0.1) is 0 Å². The van der Waals surface area contributed by atoms with Crippen LogP contribution in [0.1, 0.15) is 20.3 Å². The van der Waals surface area contributed by atoms with Gasteiger partial charge in [0.05, 0.1) is 0 Å². The summed E-state index contributed by atoms with van der Waals surface area (Å²) in [5.41, 5.74) is 5.31. The molecule has 0 aromatic heterocycles. The second-order valence-corrected chi connectivity index (χ2v) is 3.26. The molecule has 4 N–H and O–H groups in total. The van der Waals surface area contributed by atoms with E-state index in [9.17, 15) is 9.59 Å². The summed E-state index contributed by atoms with van der Waals surface area (Å²) in [5, 5.41) is 17.5. The first kappa shape index (κ1) is 13.9. The molecule has 0 spiro atoms. The lowest BCUT2D eigenvalue weighted by Gasteiger charge is -2.27. The number of carbonyl (C=O) groups is 2. The summed E-state index contributed by atoms with van der Waals surface area (Å²) in [6.45, 7) is 4.76. The monoisotopic (exact) mass is 218 g/mol. The molecule has 0 bridgehead atoms. The molecule has 0 aliphatic rings. The second-order valence-electron chi connectivity index (χ2n) is 3.26. The number of nitrogens with zero attached hydrogens (tertiary/aromatic N) is 1. The highest BCUT2D eigenvalue weighted by atomic mass is 16.4. The summed E-state index contributed by atoms with van der Waals surface area (Å²) in [5.74, 6) is -2.20. The summed E-state index contributed by atoms with van der Waals surface area (Å²) >= 11 is 0. The molecule has 2 atom stereocenters. The van der Waals surface area contributed by atoms with Crippen LogP contribution in [0, 0.1) is 0 Å². The predicted octanol–water partition coefficient (Wildman–Crippen LogP) is -0.417. The Morgan fingerprint density at radius 1 is 1.20 bits per heavy atom. The van der Waals surface area contributed by atoms with Crippen molar-refractivity contribution in [3.8, 4) is 0 Å². The van der Waals surface area contributed by atoms with E-state index in [0.29, 0.717) is 13.1 Å². The predicted molar refractivity (Wildman–Crippen MR) is 54.6 cm³/mol. The quantitative estimate of drug-likeness (QED) is 0.536. The van der Waals surface area contributed by atoms with Crippen LogP contribution in [0.3, 0.4) is 0 Å². The Morgan fingerprint density at radius 2 is 1.67 bits per heavy atom. The average molecular weight is 218 g/mol. The second kappa shape index (κ2) is 6.36. The molecule has 0 aliphatic heterocycles. The molecule has 0 rings (SSSR count). The molecule has 0 radical (unpaired) electrons. The van der Waals surface area contributed by atoms with Crippen molar-refractivity contribution in [2.45, 2.75) is 32.4 Å². The van der Waals surface area contributed by atoms with E-state index in [2.05, 4.69) is 0 Å². The molecule has 0 fully saturated rings. The number of carboxylic acid groups (broad SMARTS) is 2. The van der Waals surface area contributed by atoms with Crippen molar-refractivity contribution in [1.29, 1.82) is 0 Å². The van der Waals surface area contributed by atoms with Crippen molar-refractivity contribution in [2.24, 2.45) is 5.73 Å². The van der Waals surface area contributed by atoms with Crippen LogP contribution < -0.4 is 5.73 Å². The number of hydrogen-bond donors (Lipinski definition) is 3. The number of likely N-dealkylation sites (N-methyl/N-ethyl adjacent to an activating group) is 1. The topological polar surface area (TPSA) is 104 Å². The minimum absolute atomic E-state index is 0.0770. The maximum Gasteiger partial charge on any atom is 0.320 e. The Kier molecular flexibility index (Phi) is 5.88. The van der Waals surface area contributed by atoms with E-state index in [1.54, 1.807) is 4.90 Å². The van der Waals surface area contributed by atoms with Gasteiger partial charge in [-0.25, -0.2) is 0 Å². The van der Waals surface area contributed by atoms with Gasteiger partial charge in [-0.1, -0.05) is 13.8 Å². The van der Waals surface area contributed by atoms with E-state index < -0.39 is 24.0 Å². The number of nitrogens with two attached hydrogens (primary N) is 1. The Labute approximate surface area is 88.7 Å². The zero-order valence-electron chi connectivity index (χ0n) is 9.01. The van der Waals surface area contributed by atoms with Crippen LogP contribution in [-0.2, 0) is 9.59 Å². The molecule has 2 unspecified atom stereocenters. The standard InChI is InChI=1S/C9H18N2O4/c1-3-11(4-2)7(9(14)15)5-6(10)8(12)13/h6-7H,3-5,10H2,1-2H3,(H,12,13)(H,14,15). The molecular weight excluding hydrogens is 200 g/mol. The highest BCUT2D eigenvalue weighted by Crippen LogP contribution is 2.07.